The molecular weight excluding hydrogens is 200 g/mol. The fourth-order valence-electron chi connectivity index (χ4n) is 2.76. The SMILES string of the molecule is CCC1=CC=C(CC)C(CC)(OC)C1OC. The highest BCUT2D eigenvalue weighted by molar-refractivity contribution is 5.37. The van der Waals surface area contributed by atoms with Crippen LogP contribution in [0.25, 0.3) is 0 Å². The van der Waals surface area contributed by atoms with Gasteiger partial charge in [-0.2, -0.15) is 0 Å². The van der Waals surface area contributed by atoms with Crippen molar-refractivity contribution in [1.82, 2.24) is 0 Å². The molecule has 0 aromatic heterocycles. The van der Waals surface area contributed by atoms with E-state index in [0.29, 0.717) is 0 Å². The minimum absolute atomic E-state index is 0.0625. The first-order valence-electron chi connectivity index (χ1n) is 6.18. The predicted octanol–water partition coefficient (Wildman–Crippen LogP) is 3.48. The highest BCUT2D eigenvalue weighted by atomic mass is 16.5. The molecule has 2 atom stereocenters. The van der Waals surface area contributed by atoms with Gasteiger partial charge in [0.05, 0.1) is 0 Å². The molecule has 1 aliphatic rings. The molecule has 1 aliphatic carbocycles. The van der Waals surface area contributed by atoms with E-state index in [4.69, 9.17) is 9.47 Å². The van der Waals surface area contributed by atoms with Crippen molar-refractivity contribution in [1.29, 1.82) is 0 Å². The molecule has 0 radical (unpaired) electrons. The van der Waals surface area contributed by atoms with E-state index in [1.807, 2.05) is 0 Å². The Bertz CT molecular complexity index is 285. The van der Waals surface area contributed by atoms with Crippen molar-refractivity contribution in [2.24, 2.45) is 0 Å². The van der Waals surface area contributed by atoms with Crippen LogP contribution < -0.4 is 0 Å². The Morgan fingerprint density at radius 3 is 2.19 bits per heavy atom. The number of rotatable bonds is 5. The van der Waals surface area contributed by atoms with Crippen molar-refractivity contribution in [3.8, 4) is 0 Å². The Hall–Kier alpha value is -0.600. The van der Waals surface area contributed by atoms with Gasteiger partial charge >= 0.3 is 0 Å². The number of methoxy groups -OCH3 is 2. The maximum atomic E-state index is 5.83. The van der Waals surface area contributed by atoms with Crippen LogP contribution in [0.4, 0.5) is 0 Å². The average Bonchev–Trinajstić information content (AvgIpc) is 2.36. The maximum Gasteiger partial charge on any atom is 0.119 e. The summed E-state index contributed by atoms with van der Waals surface area (Å²) < 4.78 is 11.5. The summed E-state index contributed by atoms with van der Waals surface area (Å²) in [6.45, 7) is 6.50. The van der Waals surface area contributed by atoms with Gasteiger partial charge in [0.15, 0.2) is 0 Å². The molecule has 2 unspecified atom stereocenters. The Morgan fingerprint density at radius 2 is 1.81 bits per heavy atom. The summed E-state index contributed by atoms with van der Waals surface area (Å²) in [6.07, 6.45) is 7.43. The van der Waals surface area contributed by atoms with Gasteiger partial charge < -0.3 is 9.47 Å². The van der Waals surface area contributed by atoms with E-state index in [2.05, 4.69) is 32.9 Å². The fraction of sp³-hybridized carbons (Fsp3) is 0.714. The van der Waals surface area contributed by atoms with Gasteiger partial charge in [0.2, 0.25) is 0 Å². The summed E-state index contributed by atoms with van der Waals surface area (Å²) >= 11 is 0. The Labute approximate surface area is 99.3 Å². The van der Waals surface area contributed by atoms with Crippen LogP contribution in [0.1, 0.15) is 40.0 Å². The summed E-state index contributed by atoms with van der Waals surface area (Å²) in [5, 5.41) is 0. The molecule has 1 rings (SSSR count). The molecule has 2 heteroatoms. The summed E-state index contributed by atoms with van der Waals surface area (Å²) in [6, 6.07) is 0. The van der Waals surface area contributed by atoms with Crippen LogP contribution in [0.2, 0.25) is 0 Å². The topological polar surface area (TPSA) is 18.5 Å². The number of hydrogen-bond donors (Lipinski definition) is 0. The van der Waals surface area contributed by atoms with Crippen LogP contribution in [-0.2, 0) is 9.47 Å². The first kappa shape index (κ1) is 13.5. The highest BCUT2D eigenvalue weighted by Crippen LogP contribution is 2.39. The zero-order chi connectivity index (χ0) is 12.2. The van der Waals surface area contributed by atoms with Gasteiger partial charge in [-0.3, -0.25) is 0 Å². The van der Waals surface area contributed by atoms with Crippen LogP contribution >= 0.6 is 0 Å². The highest BCUT2D eigenvalue weighted by Gasteiger charge is 2.43. The van der Waals surface area contributed by atoms with E-state index in [-0.39, 0.29) is 11.7 Å². The average molecular weight is 224 g/mol. The first-order valence-corrected chi connectivity index (χ1v) is 6.18. The second kappa shape index (κ2) is 5.65. The molecule has 0 saturated carbocycles. The molecule has 0 heterocycles. The molecule has 16 heavy (non-hydrogen) atoms. The third-order valence-electron chi connectivity index (χ3n) is 3.72. The molecule has 0 spiro atoms. The second-order valence-electron chi connectivity index (χ2n) is 4.20. The van der Waals surface area contributed by atoms with Gasteiger partial charge in [-0.25, -0.2) is 0 Å². The van der Waals surface area contributed by atoms with Gasteiger partial charge in [0.25, 0.3) is 0 Å². The van der Waals surface area contributed by atoms with E-state index >= 15 is 0 Å². The predicted molar refractivity (Wildman–Crippen MR) is 67.6 cm³/mol. The molecule has 0 fully saturated rings. The number of hydrogen-bond acceptors (Lipinski definition) is 2. The molecular formula is C14H24O2. The minimum atomic E-state index is -0.260. The summed E-state index contributed by atoms with van der Waals surface area (Å²) in [5.41, 5.74) is 2.40. The van der Waals surface area contributed by atoms with Crippen LogP contribution in [-0.4, -0.2) is 25.9 Å². The maximum absolute atomic E-state index is 5.83. The molecule has 0 N–H and O–H groups in total. The largest absolute Gasteiger partial charge is 0.374 e. The van der Waals surface area contributed by atoms with Crippen LogP contribution in [0.3, 0.4) is 0 Å². The molecule has 0 aromatic rings. The van der Waals surface area contributed by atoms with E-state index in [0.717, 1.165) is 19.3 Å². The lowest BCUT2D eigenvalue weighted by Crippen LogP contribution is -2.48. The second-order valence-corrected chi connectivity index (χ2v) is 4.20. The van der Waals surface area contributed by atoms with Crippen LogP contribution in [0.15, 0.2) is 23.3 Å². The van der Waals surface area contributed by atoms with Crippen molar-refractivity contribution in [3.63, 3.8) is 0 Å². The van der Waals surface area contributed by atoms with Crippen molar-refractivity contribution < 1.29 is 9.47 Å². The van der Waals surface area contributed by atoms with E-state index in [9.17, 15) is 0 Å². The smallest absolute Gasteiger partial charge is 0.119 e. The van der Waals surface area contributed by atoms with Crippen molar-refractivity contribution in [2.75, 3.05) is 14.2 Å². The number of ether oxygens (including phenoxy) is 2. The van der Waals surface area contributed by atoms with E-state index < -0.39 is 0 Å². The monoisotopic (exact) mass is 224 g/mol. The molecule has 0 amide bonds. The van der Waals surface area contributed by atoms with E-state index in [1.165, 1.54) is 11.1 Å². The third kappa shape index (κ3) is 1.96. The number of allylic oxidation sites excluding steroid dienone is 2. The van der Waals surface area contributed by atoms with Gasteiger partial charge in [0.1, 0.15) is 11.7 Å². The molecule has 0 bridgehead atoms. The van der Waals surface area contributed by atoms with Crippen LogP contribution in [0.5, 0.6) is 0 Å². The summed E-state index contributed by atoms with van der Waals surface area (Å²) in [7, 11) is 3.56. The molecule has 0 saturated heterocycles. The van der Waals surface area contributed by atoms with Gasteiger partial charge in [-0.05, 0) is 30.4 Å². The first-order chi connectivity index (χ1) is 7.69. The summed E-state index contributed by atoms with van der Waals surface area (Å²) in [4.78, 5) is 0. The normalized spacial score (nSPS) is 29.9. The Kier molecular flexibility index (Phi) is 4.75. The molecule has 92 valence electrons. The van der Waals surface area contributed by atoms with Gasteiger partial charge in [-0.1, -0.05) is 32.9 Å². The standard InChI is InChI=1S/C14H24O2/c1-6-11-9-10-12(7-2)14(8-3,16-5)13(11)15-4/h9-10,13H,6-8H2,1-5H3. The minimum Gasteiger partial charge on any atom is -0.374 e. The van der Waals surface area contributed by atoms with Gasteiger partial charge in [-0.15, -0.1) is 0 Å². The molecule has 0 aromatic carbocycles. The Morgan fingerprint density at radius 1 is 1.12 bits per heavy atom. The van der Waals surface area contributed by atoms with Crippen LogP contribution in [0, 0.1) is 0 Å². The van der Waals surface area contributed by atoms with Gasteiger partial charge in [0, 0.05) is 14.2 Å². The lowest BCUT2D eigenvalue weighted by molar-refractivity contribution is -0.0834. The lowest BCUT2D eigenvalue weighted by Gasteiger charge is -2.43. The fourth-order valence-corrected chi connectivity index (χ4v) is 2.76. The Balaban J connectivity index is 3.20. The lowest BCUT2D eigenvalue weighted by atomic mass is 9.76. The van der Waals surface area contributed by atoms with Crippen molar-refractivity contribution >= 4 is 0 Å². The summed E-state index contributed by atoms with van der Waals surface area (Å²) in [5.74, 6) is 0. The van der Waals surface area contributed by atoms with E-state index in [1.54, 1.807) is 14.2 Å². The van der Waals surface area contributed by atoms with Crippen molar-refractivity contribution in [2.45, 2.75) is 51.7 Å². The molecule has 2 nitrogen and oxygen atoms in total. The third-order valence-corrected chi connectivity index (χ3v) is 3.72. The quantitative estimate of drug-likeness (QED) is 0.711. The van der Waals surface area contributed by atoms with Crippen molar-refractivity contribution in [3.05, 3.63) is 23.3 Å². The zero-order valence-corrected chi connectivity index (χ0v) is 11.2. The molecule has 0 aliphatic heterocycles. The zero-order valence-electron chi connectivity index (χ0n) is 11.2.